The molecular weight excluding hydrogens is 376 g/mol. The van der Waals surface area contributed by atoms with Crippen LogP contribution in [0.15, 0.2) is 46.7 Å². The van der Waals surface area contributed by atoms with E-state index in [1.807, 2.05) is 32.9 Å². The van der Waals surface area contributed by atoms with E-state index in [9.17, 15) is 9.59 Å². The van der Waals surface area contributed by atoms with Crippen molar-refractivity contribution in [2.24, 2.45) is 4.99 Å². The van der Waals surface area contributed by atoms with E-state index in [1.54, 1.807) is 28.9 Å². The third kappa shape index (κ3) is 5.89. The first-order chi connectivity index (χ1) is 13.3. The molecule has 7 heteroatoms. The molecule has 1 N–H and O–H groups in total. The highest BCUT2D eigenvalue weighted by atomic mass is 35.5. The molecule has 0 fully saturated rings. The Morgan fingerprint density at radius 1 is 1.29 bits per heavy atom. The van der Waals surface area contributed by atoms with Crippen LogP contribution in [0.5, 0.6) is 0 Å². The van der Waals surface area contributed by atoms with Gasteiger partial charge in [-0.3, -0.25) is 19.0 Å². The van der Waals surface area contributed by atoms with Crippen molar-refractivity contribution in [3.8, 4) is 0 Å². The summed E-state index contributed by atoms with van der Waals surface area (Å²) >= 11 is 6.02. The Hall–Kier alpha value is -2.73. The Kier molecular flexibility index (Phi) is 7.70. The first-order valence-corrected chi connectivity index (χ1v) is 9.50. The zero-order chi connectivity index (χ0) is 20.7. The van der Waals surface area contributed by atoms with E-state index >= 15 is 0 Å². The van der Waals surface area contributed by atoms with Gasteiger partial charge in [0.1, 0.15) is 17.1 Å². The number of ketones is 1. The monoisotopic (exact) mass is 400 g/mol. The third-order valence-corrected chi connectivity index (χ3v) is 4.26. The molecule has 2 rings (SSSR count). The minimum Gasteiger partial charge on any atom is -0.347 e. The number of halogens is 1. The quantitative estimate of drug-likeness (QED) is 0.533. The van der Waals surface area contributed by atoms with Gasteiger partial charge in [0, 0.05) is 42.2 Å². The van der Waals surface area contributed by atoms with Gasteiger partial charge in [-0.1, -0.05) is 30.2 Å². The van der Waals surface area contributed by atoms with E-state index in [4.69, 9.17) is 11.6 Å². The molecule has 0 atom stereocenters. The molecule has 0 aliphatic heterocycles. The Morgan fingerprint density at radius 3 is 2.71 bits per heavy atom. The Bertz CT molecular complexity index is 970. The van der Waals surface area contributed by atoms with Crippen molar-refractivity contribution in [3.05, 3.63) is 58.2 Å². The van der Waals surface area contributed by atoms with Crippen LogP contribution >= 0.6 is 11.6 Å². The molecule has 28 heavy (non-hydrogen) atoms. The van der Waals surface area contributed by atoms with Gasteiger partial charge in [-0.15, -0.1) is 0 Å². The van der Waals surface area contributed by atoms with Crippen LogP contribution in [0.2, 0.25) is 5.02 Å². The van der Waals surface area contributed by atoms with Crippen molar-refractivity contribution >= 4 is 35.2 Å². The number of allylic oxidation sites excluding steroid dienone is 3. The summed E-state index contributed by atoms with van der Waals surface area (Å²) in [4.78, 5) is 32.3. The fourth-order valence-corrected chi connectivity index (χ4v) is 2.70. The lowest BCUT2D eigenvalue weighted by Gasteiger charge is -2.07. The fourth-order valence-electron chi connectivity index (χ4n) is 2.54. The number of hydrogen-bond acceptors (Lipinski definition) is 4. The molecule has 0 aliphatic carbocycles. The van der Waals surface area contributed by atoms with E-state index < -0.39 is 0 Å². The summed E-state index contributed by atoms with van der Waals surface area (Å²) in [5.41, 5.74) is 3.69. The normalized spacial score (nSPS) is 12.8. The van der Waals surface area contributed by atoms with Gasteiger partial charge in [0.05, 0.1) is 5.69 Å². The number of amides is 1. The Labute approximate surface area is 170 Å². The SMILES string of the molecule is CCc1nc2cc(Cl)ccn2c1C(=O)NC/C(C)=C/C=C(\C)N=CCC(C)=O. The highest BCUT2D eigenvalue weighted by Gasteiger charge is 2.18. The van der Waals surface area contributed by atoms with Crippen molar-refractivity contribution in [2.45, 2.75) is 40.5 Å². The first kappa shape index (κ1) is 21.6. The zero-order valence-corrected chi connectivity index (χ0v) is 17.4. The largest absolute Gasteiger partial charge is 0.347 e. The highest BCUT2D eigenvalue weighted by molar-refractivity contribution is 6.30. The van der Waals surface area contributed by atoms with Crippen LogP contribution in [0.25, 0.3) is 5.65 Å². The maximum atomic E-state index is 12.7. The van der Waals surface area contributed by atoms with E-state index in [0.717, 1.165) is 17.0 Å². The molecule has 0 saturated heterocycles. The summed E-state index contributed by atoms with van der Waals surface area (Å²) in [5.74, 6) is -0.105. The van der Waals surface area contributed by atoms with Crippen molar-refractivity contribution < 1.29 is 9.59 Å². The van der Waals surface area contributed by atoms with Crippen LogP contribution in [-0.4, -0.2) is 33.8 Å². The molecule has 148 valence electrons. The Balaban J connectivity index is 2.06. The minimum absolute atomic E-state index is 0.0760. The Morgan fingerprint density at radius 2 is 2.04 bits per heavy atom. The maximum Gasteiger partial charge on any atom is 0.270 e. The molecule has 0 radical (unpaired) electrons. The number of pyridine rings is 1. The van der Waals surface area contributed by atoms with Crippen LogP contribution in [0.3, 0.4) is 0 Å². The predicted octanol–water partition coefficient (Wildman–Crippen LogP) is 4.18. The van der Waals surface area contributed by atoms with Gasteiger partial charge in [-0.05, 0) is 39.3 Å². The number of aliphatic imine (C=N–C) groups is 1. The summed E-state index contributed by atoms with van der Waals surface area (Å²) in [6.07, 6.45) is 8.09. The molecule has 1 amide bonds. The fraction of sp³-hybridized carbons (Fsp3) is 0.333. The number of aryl methyl sites for hydroxylation is 1. The summed E-state index contributed by atoms with van der Waals surface area (Å²) in [6.45, 7) is 7.68. The zero-order valence-electron chi connectivity index (χ0n) is 16.6. The van der Waals surface area contributed by atoms with Crippen molar-refractivity contribution in [3.63, 3.8) is 0 Å². The van der Waals surface area contributed by atoms with Crippen molar-refractivity contribution in [1.29, 1.82) is 0 Å². The van der Waals surface area contributed by atoms with Gasteiger partial charge in [-0.25, -0.2) is 4.98 Å². The highest BCUT2D eigenvalue weighted by Crippen LogP contribution is 2.17. The third-order valence-electron chi connectivity index (χ3n) is 4.02. The minimum atomic E-state index is -0.181. The summed E-state index contributed by atoms with van der Waals surface area (Å²) in [6, 6.07) is 3.47. The molecule has 0 bridgehead atoms. The molecule has 2 aromatic heterocycles. The maximum absolute atomic E-state index is 12.7. The number of carbonyl (C=O) groups excluding carboxylic acids is 2. The van der Waals surface area contributed by atoms with Crippen LogP contribution in [-0.2, 0) is 11.2 Å². The van der Waals surface area contributed by atoms with E-state index in [1.165, 1.54) is 6.92 Å². The molecule has 0 saturated carbocycles. The van der Waals surface area contributed by atoms with Gasteiger partial charge >= 0.3 is 0 Å². The van der Waals surface area contributed by atoms with Crippen molar-refractivity contribution in [2.75, 3.05) is 6.54 Å². The first-order valence-electron chi connectivity index (χ1n) is 9.12. The number of Topliss-reactive ketones (excluding diaryl/α,β-unsaturated/α-hetero) is 1. The standard InChI is InChI=1S/C21H25ClN4O2/c1-5-18-20(26-11-9-17(22)12-19(26)25-18)21(28)24-13-14(2)6-7-15(3)23-10-8-16(4)27/h6-7,9-12H,5,8,13H2,1-4H3,(H,24,28)/b14-6+,15-7+,23-10?. The van der Waals surface area contributed by atoms with Gasteiger partial charge in [-0.2, -0.15) is 0 Å². The topological polar surface area (TPSA) is 75.8 Å². The number of carbonyl (C=O) groups is 2. The van der Waals surface area contributed by atoms with Crippen LogP contribution < -0.4 is 5.32 Å². The summed E-state index contributed by atoms with van der Waals surface area (Å²) in [7, 11) is 0. The van der Waals surface area contributed by atoms with Crippen molar-refractivity contribution in [1.82, 2.24) is 14.7 Å². The van der Waals surface area contributed by atoms with Gasteiger partial charge < -0.3 is 5.32 Å². The second-order valence-corrected chi connectivity index (χ2v) is 6.99. The molecule has 0 aromatic carbocycles. The number of aromatic nitrogens is 2. The smallest absolute Gasteiger partial charge is 0.270 e. The van der Waals surface area contributed by atoms with Gasteiger partial charge in [0.2, 0.25) is 0 Å². The van der Waals surface area contributed by atoms with Gasteiger partial charge in [0.15, 0.2) is 0 Å². The molecule has 0 aliphatic rings. The number of nitrogens with one attached hydrogen (secondary N) is 1. The van der Waals surface area contributed by atoms with Crippen LogP contribution in [0, 0.1) is 0 Å². The lowest BCUT2D eigenvalue weighted by molar-refractivity contribution is -0.115. The number of fused-ring (bicyclic) bond motifs is 1. The average molecular weight is 401 g/mol. The lowest BCUT2D eigenvalue weighted by atomic mass is 10.2. The molecule has 2 heterocycles. The predicted molar refractivity (Wildman–Crippen MR) is 113 cm³/mol. The molecule has 0 spiro atoms. The summed E-state index contributed by atoms with van der Waals surface area (Å²) < 4.78 is 1.76. The van der Waals surface area contributed by atoms with E-state index in [2.05, 4.69) is 15.3 Å². The molecule has 0 unspecified atom stereocenters. The second kappa shape index (κ2) is 9.99. The number of rotatable bonds is 8. The molecular formula is C21H25ClN4O2. The molecule has 6 nitrogen and oxygen atoms in total. The van der Waals surface area contributed by atoms with Crippen LogP contribution in [0.1, 0.15) is 50.3 Å². The number of imidazole rings is 1. The van der Waals surface area contributed by atoms with Gasteiger partial charge in [0.25, 0.3) is 5.91 Å². The number of nitrogens with zero attached hydrogens (tertiary/aromatic N) is 3. The van der Waals surface area contributed by atoms with E-state index in [-0.39, 0.29) is 11.7 Å². The van der Waals surface area contributed by atoms with E-state index in [0.29, 0.717) is 35.8 Å². The average Bonchev–Trinajstić information content (AvgIpc) is 3.01. The number of hydrogen-bond donors (Lipinski definition) is 1. The molecule has 2 aromatic rings. The second-order valence-electron chi connectivity index (χ2n) is 6.56. The lowest BCUT2D eigenvalue weighted by Crippen LogP contribution is -2.27. The summed E-state index contributed by atoms with van der Waals surface area (Å²) in [5, 5.41) is 3.52. The van der Waals surface area contributed by atoms with Crippen LogP contribution in [0.4, 0.5) is 0 Å².